The number of para-hydroxylation sites is 1. The molecule has 3 nitrogen and oxygen atoms in total. The molecule has 5 heteroatoms. The summed E-state index contributed by atoms with van der Waals surface area (Å²) in [6.45, 7) is 0.141. The first kappa shape index (κ1) is 10.3. The minimum Gasteiger partial charge on any atom is -0.488 e. The summed E-state index contributed by atoms with van der Waals surface area (Å²) in [5, 5.41) is 0. The van der Waals surface area contributed by atoms with Gasteiger partial charge in [0.05, 0.1) is 0 Å². The fourth-order valence-corrected chi connectivity index (χ4v) is 2.95. The molecule has 0 aliphatic carbocycles. The lowest BCUT2D eigenvalue weighted by Gasteiger charge is -2.16. The van der Waals surface area contributed by atoms with Gasteiger partial charge in [-0.2, -0.15) is 0 Å². The number of fused-ring (bicyclic) bond motifs is 3. The Labute approximate surface area is 101 Å². The Morgan fingerprint density at radius 3 is 2.94 bits per heavy atom. The fourth-order valence-electron chi connectivity index (χ4n) is 1.88. The Morgan fingerprint density at radius 1 is 1.41 bits per heavy atom. The van der Waals surface area contributed by atoms with E-state index in [9.17, 15) is 9.18 Å². The van der Waals surface area contributed by atoms with E-state index in [-0.39, 0.29) is 11.5 Å². The molecule has 2 heterocycles. The van der Waals surface area contributed by atoms with Crippen LogP contribution in [0.1, 0.15) is 15.2 Å². The molecule has 1 aromatic heterocycles. The molecule has 86 valence electrons. The van der Waals surface area contributed by atoms with Crippen LogP contribution in [0.25, 0.3) is 10.4 Å². The number of halogens is 1. The zero-order valence-electron chi connectivity index (χ0n) is 8.70. The van der Waals surface area contributed by atoms with Crippen LogP contribution in [0.2, 0.25) is 0 Å². The highest BCUT2D eigenvalue weighted by Crippen LogP contribution is 2.43. The van der Waals surface area contributed by atoms with Crippen LogP contribution in [-0.2, 0) is 6.61 Å². The van der Waals surface area contributed by atoms with Crippen LogP contribution < -0.4 is 10.5 Å². The summed E-state index contributed by atoms with van der Waals surface area (Å²) < 4.78 is 19.3. The zero-order chi connectivity index (χ0) is 12.0. The normalized spacial score (nSPS) is 12.5. The fraction of sp³-hybridized carbons (Fsp3) is 0.0833. The van der Waals surface area contributed by atoms with Crippen LogP contribution in [0.5, 0.6) is 5.75 Å². The molecule has 1 aromatic carbocycles. The third-order valence-electron chi connectivity index (χ3n) is 2.67. The van der Waals surface area contributed by atoms with Crippen LogP contribution in [0.4, 0.5) is 4.39 Å². The number of benzene rings is 1. The van der Waals surface area contributed by atoms with Crippen molar-refractivity contribution in [3.05, 3.63) is 40.5 Å². The van der Waals surface area contributed by atoms with Gasteiger partial charge in [-0.3, -0.25) is 4.79 Å². The number of carbonyl (C=O) groups excluding carboxylic acids is 1. The second kappa shape index (κ2) is 3.56. The summed E-state index contributed by atoms with van der Waals surface area (Å²) in [5.74, 6) is -0.580. The van der Waals surface area contributed by atoms with Crippen molar-refractivity contribution in [1.29, 1.82) is 0 Å². The molecule has 0 radical (unpaired) electrons. The smallest absolute Gasteiger partial charge is 0.261 e. The third-order valence-corrected chi connectivity index (χ3v) is 3.92. The zero-order valence-corrected chi connectivity index (χ0v) is 9.51. The Bertz CT molecular complexity index is 621. The Hall–Kier alpha value is -1.88. The van der Waals surface area contributed by atoms with Crippen molar-refractivity contribution >= 4 is 17.2 Å². The van der Waals surface area contributed by atoms with Gasteiger partial charge in [-0.15, -0.1) is 11.3 Å². The first-order chi connectivity index (χ1) is 8.18. The SMILES string of the molecule is NC(=O)c1sc2c(c1F)COc1ccccc1-2. The molecule has 1 aliphatic rings. The van der Waals surface area contributed by atoms with Crippen LogP contribution in [0, 0.1) is 5.82 Å². The quantitative estimate of drug-likeness (QED) is 0.844. The molecule has 0 unspecified atom stereocenters. The van der Waals surface area contributed by atoms with Gasteiger partial charge in [-0.1, -0.05) is 12.1 Å². The molecule has 0 saturated heterocycles. The lowest BCUT2D eigenvalue weighted by atomic mass is 10.1. The van der Waals surface area contributed by atoms with Gasteiger partial charge in [0.2, 0.25) is 0 Å². The standard InChI is InChI=1S/C12H8FNO2S/c13-9-7-5-16-8-4-2-1-3-6(8)10(7)17-11(9)12(14)15/h1-4H,5H2,(H2,14,15). The van der Waals surface area contributed by atoms with Crippen LogP contribution in [0.3, 0.4) is 0 Å². The van der Waals surface area contributed by atoms with Crippen LogP contribution >= 0.6 is 11.3 Å². The minimum absolute atomic E-state index is 0.0321. The molecular formula is C12H8FNO2S. The molecular weight excluding hydrogens is 241 g/mol. The molecule has 0 fully saturated rings. The molecule has 2 N–H and O–H groups in total. The van der Waals surface area contributed by atoms with E-state index in [2.05, 4.69) is 0 Å². The number of primary amides is 1. The van der Waals surface area contributed by atoms with Gasteiger partial charge in [-0.25, -0.2) is 4.39 Å². The maximum Gasteiger partial charge on any atom is 0.261 e. The van der Waals surface area contributed by atoms with Crippen LogP contribution in [0.15, 0.2) is 24.3 Å². The molecule has 17 heavy (non-hydrogen) atoms. The maximum atomic E-state index is 13.9. The number of rotatable bonds is 1. The van der Waals surface area contributed by atoms with E-state index in [0.29, 0.717) is 11.3 Å². The number of carbonyl (C=O) groups is 1. The summed E-state index contributed by atoms with van der Waals surface area (Å²) in [7, 11) is 0. The Morgan fingerprint density at radius 2 is 2.18 bits per heavy atom. The molecule has 0 bridgehead atoms. The third kappa shape index (κ3) is 1.43. The molecule has 0 saturated carbocycles. The first-order valence-electron chi connectivity index (χ1n) is 5.01. The lowest BCUT2D eigenvalue weighted by Crippen LogP contribution is -2.11. The van der Waals surface area contributed by atoms with Crippen LogP contribution in [-0.4, -0.2) is 5.91 Å². The van der Waals surface area contributed by atoms with Gasteiger partial charge >= 0.3 is 0 Å². The highest BCUT2D eigenvalue weighted by Gasteiger charge is 2.27. The van der Waals surface area contributed by atoms with Gasteiger partial charge in [0.1, 0.15) is 17.2 Å². The van der Waals surface area contributed by atoms with Crippen molar-refractivity contribution < 1.29 is 13.9 Å². The highest BCUT2D eigenvalue weighted by molar-refractivity contribution is 7.17. The highest BCUT2D eigenvalue weighted by atomic mass is 32.1. The van der Waals surface area contributed by atoms with Gasteiger partial charge in [0.25, 0.3) is 5.91 Å². The van der Waals surface area contributed by atoms with Gasteiger partial charge in [-0.05, 0) is 12.1 Å². The number of ether oxygens (including phenoxy) is 1. The summed E-state index contributed by atoms with van der Waals surface area (Å²) in [4.78, 5) is 11.8. The second-order valence-electron chi connectivity index (χ2n) is 3.70. The van der Waals surface area contributed by atoms with Crippen molar-refractivity contribution in [3.8, 4) is 16.2 Å². The number of hydrogen-bond acceptors (Lipinski definition) is 3. The predicted molar refractivity (Wildman–Crippen MR) is 62.6 cm³/mol. The number of thiophene rings is 1. The largest absolute Gasteiger partial charge is 0.488 e. The average Bonchev–Trinajstić information content (AvgIpc) is 2.67. The van der Waals surface area contributed by atoms with Crippen molar-refractivity contribution in [2.75, 3.05) is 0 Å². The van der Waals surface area contributed by atoms with E-state index in [0.717, 1.165) is 21.8 Å². The van der Waals surface area contributed by atoms with Gasteiger partial charge in [0.15, 0.2) is 5.82 Å². The van der Waals surface area contributed by atoms with Crippen molar-refractivity contribution in [1.82, 2.24) is 0 Å². The predicted octanol–water partition coefficient (Wildman–Crippen LogP) is 2.55. The van der Waals surface area contributed by atoms with E-state index in [1.807, 2.05) is 24.3 Å². The number of amides is 1. The summed E-state index contributed by atoms with van der Waals surface area (Å²) >= 11 is 1.08. The molecule has 3 rings (SSSR count). The van der Waals surface area contributed by atoms with Gasteiger partial charge < -0.3 is 10.5 Å². The number of hydrogen-bond donors (Lipinski definition) is 1. The van der Waals surface area contributed by atoms with E-state index < -0.39 is 11.7 Å². The number of nitrogens with two attached hydrogens (primary N) is 1. The first-order valence-corrected chi connectivity index (χ1v) is 5.83. The maximum absolute atomic E-state index is 13.9. The van der Waals surface area contributed by atoms with Crippen molar-refractivity contribution in [3.63, 3.8) is 0 Å². The Balaban J connectivity index is 2.27. The van der Waals surface area contributed by atoms with E-state index in [4.69, 9.17) is 10.5 Å². The Kier molecular flexibility index (Phi) is 2.16. The minimum atomic E-state index is -0.737. The average molecular weight is 249 g/mol. The molecule has 0 spiro atoms. The summed E-state index contributed by atoms with van der Waals surface area (Å²) in [6, 6.07) is 7.36. The van der Waals surface area contributed by atoms with E-state index in [1.54, 1.807) is 0 Å². The van der Waals surface area contributed by atoms with E-state index in [1.165, 1.54) is 0 Å². The lowest BCUT2D eigenvalue weighted by molar-refractivity contribution is 0.100. The van der Waals surface area contributed by atoms with Crippen molar-refractivity contribution in [2.24, 2.45) is 5.73 Å². The summed E-state index contributed by atoms with van der Waals surface area (Å²) in [5.41, 5.74) is 6.37. The van der Waals surface area contributed by atoms with E-state index >= 15 is 0 Å². The van der Waals surface area contributed by atoms with Crippen molar-refractivity contribution in [2.45, 2.75) is 6.61 Å². The molecule has 2 aromatic rings. The van der Waals surface area contributed by atoms with Gasteiger partial charge in [0, 0.05) is 16.0 Å². The molecule has 1 amide bonds. The second-order valence-corrected chi connectivity index (χ2v) is 4.72. The summed E-state index contributed by atoms with van der Waals surface area (Å²) in [6.07, 6.45) is 0. The topological polar surface area (TPSA) is 52.3 Å². The monoisotopic (exact) mass is 249 g/mol. The molecule has 0 atom stereocenters. The molecule has 1 aliphatic heterocycles.